The monoisotopic (exact) mass is 403 g/mol. The zero-order valence-corrected chi connectivity index (χ0v) is 17.8. The van der Waals surface area contributed by atoms with E-state index in [1.807, 2.05) is 23.1 Å². The average Bonchev–Trinajstić information content (AvgIpc) is 3.28. The van der Waals surface area contributed by atoms with E-state index in [-0.39, 0.29) is 11.8 Å². The van der Waals surface area contributed by atoms with Gasteiger partial charge in [0.25, 0.3) is 0 Å². The van der Waals surface area contributed by atoms with Crippen molar-refractivity contribution < 1.29 is 9.53 Å². The molecule has 3 aromatic rings. The van der Waals surface area contributed by atoms with Crippen LogP contribution in [0.3, 0.4) is 0 Å². The number of carbonyl (C=O) groups is 1. The zero-order valence-electron chi connectivity index (χ0n) is 17.8. The largest absolute Gasteiger partial charge is 0.493 e. The van der Waals surface area contributed by atoms with Crippen molar-refractivity contribution in [2.75, 3.05) is 19.7 Å². The number of aromatic nitrogens is 2. The molecule has 156 valence electrons. The van der Waals surface area contributed by atoms with Gasteiger partial charge in [-0.1, -0.05) is 30.3 Å². The maximum atomic E-state index is 12.4. The third kappa shape index (κ3) is 4.11. The van der Waals surface area contributed by atoms with Gasteiger partial charge in [0.15, 0.2) is 0 Å². The molecule has 1 aromatic heterocycles. The Labute approximate surface area is 178 Å². The van der Waals surface area contributed by atoms with Gasteiger partial charge in [0, 0.05) is 32.0 Å². The first-order valence-electron chi connectivity index (χ1n) is 10.6. The van der Waals surface area contributed by atoms with Crippen LogP contribution in [0.25, 0.3) is 11.0 Å². The molecule has 5 nitrogen and oxygen atoms in total. The van der Waals surface area contributed by atoms with Crippen LogP contribution in [0, 0.1) is 13.8 Å². The Morgan fingerprint density at radius 1 is 1.23 bits per heavy atom. The molecule has 1 atom stereocenters. The smallest absolute Gasteiger partial charge is 0.223 e. The predicted molar refractivity (Wildman–Crippen MR) is 120 cm³/mol. The van der Waals surface area contributed by atoms with Crippen molar-refractivity contribution in [3.8, 4) is 5.75 Å². The Morgan fingerprint density at radius 3 is 2.90 bits per heavy atom. The molecule has 0 spiro atoms. The summed E-state index contributed by atoms with van der Waals surface area (Å²) in [5.74, 6) is 2.25. The highest BCUT2D eigenvalue weighted by atomic mass is 16.5. The second-order valence-electron chi connectivity index (χ2n) is 8.07. The number of para-hydroxylation sites is 2. The molecule has 1 amide bonds. The molecule has 1 aliphatic heterocycles. The fraction of sp³-hybridized carbons (Fsp3) is 0.360. The number of amides is 1. The molecule has 1 fully saturated rings. The molecule has 1 saturated heterocycles. The minimum atomic E-state index is 0.116. The lowest BCUT2D eigenvalue weighted by Gasteiger charge is -2.16. The maximum Gasteiger partial charge on any atom is 0.223 e. The lowest BCUT2D eigenvalue weighted by Crippen LogP contribution is -2.25. The van der Waals surface area contributed by atoms with Crippen LogP contribution < -0.4 is 4.74 Å². The first-order chi connectivity index (χ1) is 14.6. The van der Waals surface area contributed by atoms with Crippen molar-refractivity contribution in [1.29, 1.82) is 0 Å². The van der Waals surface area contributed by atoms with Gasteiger partial charge in [0.1, 0.15) is 11.6 Å². The summed E-state index contributed by atoms with van der Waals surface area (Å²) in [5, 5.41) is 0. The van der Waals surface area contributed by atoms with Gasteiger partial charge in [-0.3, -0.25) is 4.79 Å². The van der Waals surface area contributed by atoms with Gasteiger partial charge in [-0.25, -0.2) is 4.98 Å². The molecule has 4 rings (SSSR count). The van der Waals surface area contributed by atoms with Crippen LogP contribution in [0.15, 0.2) is 55.1 Å². The Hall–Kier alpha value is -3.08. The SMILES string of the molecule is C=CCN1CC(c2nc3ccccc3n2CCCOc2cc(C)ccc2C)CC1=O. The highest BCUT2D eigenvalue weighted by molar-refractivity contribution is 5.81. The summed E-state index contributed by atoms with van der Waals surface area (Å²) in [5.41, 5.74) is 4.46. The summed E-state index contributed by atoms with van der Waals surface area (Å²) >= 11 is 0. The third-order valence-corrected chi connectivity index (χ3v) is 5.74. The van der Waals surface area contributed by atoms with E-state index in [4.69, 9.17) is 9.72 Å². The van der Waals surface area contributed by atoms with Crippen LogP contribution in [0.2, 0.25) is 0 Å². The maximum absolute atomic E-state index is 12.4. The highest BCUT2D eigenvalue weighted by Crippen LogP contribution is 2.30. The van der Waals surface area contributed by atoms with Crippen LogP contribution in [-0.4, -0.2) is 40.1 Å². The van der Waals surface area contributed by atoms with Crippen molar-refractivity contribution in [3.63, 3.8) is 0 Å². The van der Waals surface area contributed by atoms with Crippen LogP contribution >= 0.6 is 0 Å². The second kappa shape index (κ2) is 8.74. The molecule has 0 saturated carbocycles. The van der Waals surface area contributed by atoms with Crippen molar-refractivity contribution in [3.05, 3.63) is 72.1 Å². The molecule has 1 unspecified atom stereocenters. The van der Waals surface area contributed by atoms with E-state index in [1.54, 1.807) is 6.08 Å². The summed E-state index contributed by atoms with van der Waals surface area (Å²) in [6.07, 6.45) is 3.17. The predicted octanol–water partition coefficient (Wildman–Crippen LogP) is 4.62. The number of hydrogen-bond donors (Lipinski definition) is 0. The number of imidazole rings is 1. The van der Waals surface area contributed by atoms with Gasteiger partial charge < -0.3 is 14.2 Å². The fourth-order valence-electron chi connectivity index (χ4n) is 4.19. The number of aryl methyl sites for hydroxylation is 3. The normalized spacial score (nSPS) is 16.4. The molecule has 5 heteroatoms. The molecule has 0 radical (unpaired) electrons. The number of ether oxygens (including phenoxy) is 1. The number of likely N-dealkylation sites (tertiary alicyclic amines) is 1. The Bertz CT molecular complexity index is 1070. The summed E-state index contributed by atoms with van der Waals surface area (Å²) in [6, 6.07) is 14.5. The summed E-state index contributed by atoms with van der Waals surface area (Å²) in [4.78, 5) is 19.1. The standard InChI is InChI=1S/C25H29N3O2/c1-4-12-27-17-20(16-24(27)29)25-26-21-8-5-6-9-22(21)28(25)13-7-14-30-23-15-18(2)10-11-19(23)3/h4-6,8-11,15,20H,1,7,12-14,16-17H2,2-3H3. The Morgan fingerprint density at radius 2 is 2.07 bits per heavy atom. The van der Waals surface area contributed by atoms with Crippen molar-refractivity contribution in [2.45, 2.75) is 39.2 Å². The van der Waals surface area contributed by atoms with Crippen LogP contribution in [-0.2, 0) is 11.3 Å². The lowest BCUT2D eigenvalue weighted by atomic mass is 10.1. The second-order valence-corrected chi connectivity index (χ2v) is 8.07. The number of hydrogen-bond acceptors (Lipinski definition) is 3. The third-order valence-electron chi connectivity index (χ3n) is 5.74. The number of benzene rings is 2. The van der Waals surface area contributed by atoms with E-state index in [2.05, 4.69) is 49.3 Å². The van der Waals surface area contributed by atoms with Gasteiger partial charge in [0.2, 0.25) is 5.91 Å². The van der Waals surface area contributed by atoms with Crippen LogP contribution in [0.5, 0.6) is 5.75 Å². The Kier molecular flexibility index (Phi) is 5.88. The first kappa shape index (κ1) is 20.2. The topological polar surface area (TPSA) is 47.4 Å². The number of rotatable bonds is 8. The van der Waals surface area contributed by atoms with Gasteiger partial charge in [0.05, 0.1) is 17.6 Å². The molecule has 2 heterocycles. The quantitative estimate of drug-likeness (QED) is 0.407. The average molecular weight is 404 g/mol. The molecule has 0 N–H and O–H groups in total. The van der Waals surface area contributed by atoms with Crippen LogP contribution in [0.1, 0.15) is 35.7 Å². The molecule has 0 bridgehead atoms. The van der Waals surface area contributed by atoms with E-state index < -0.39 is 0 Å². The minimum Gasteiger partial charge on any atom is -0.493 e. The molecule has 1 aliphatic rings. The van der Waals surface area contributed by atoms with E-state index in [0.29, 0.717) is 26.1 Å². The zero-order chi connectivity index (χ0) is 21.1. The van der Waals surface area contributed by atoms with Gasteiger partial charge in [-0.15, -0.1) is 6.58 Å². The Balaban J connectivity index is 1.50. The van der Waals surface area contributed by atoms with E-state index in [1.165, 1.54) is 5.56 Å². The summed E-state index contributed by atoms with van der Waals surface area (Å²) in [7, 11) is 0. The van der Waals surface area contributed by atoms with E-state index in [9.17, 15) is 4.79 Å². The molecule has 0 aliphatic carbocycles. The van der Waals surface area contributed by atoms with Crippen molar-refractivity contribution >= 4 is 16.9 Å². The van der Waals surface area contributed by atoms with E-state index in [0.717, 1.165) is 41.1 Å². The van der Waals surface area contributed by atoms with Crippen molar-refractivity contribution in [2.24, 2.45) is 0 Å². The molecule has 2 aromatic carbocycles. The lowest BCUT2D eigenvalue weighted by molar-refractivity contribution is -0.127. The minimum absolute atomic E-state index is 0.116. The molecule has 30 heavy (non-hydrogen) atoms. The number of nitrogens with zero attached hydrogens (tertiary/aromatic N) is 3. The van der Waals surface area contributed by atoms with Gasteiger partial charge >= 0.3 is 0 Å². The van der Waals surface area contributed by atoms with Crippen molar-refractivity contribution in [1.82, 2.24) is 14.5 Å². The summed E-state index contributed by atoms with van der Waals surface area (Å²) in [6.45, 7) is 10.7. The van der Waals surface area contributed by atoms with Gasteiger partial charge in [-0.2, -0.15) is 0 Å². The molecular formula is C25H29N3O2. The van der Waals surface area contributed by atoms with Crippen LogP contribution in [0.4, 0.5) is 0 Å². The fourth-order valence-corrected chi connectivity index (χ4v) is 4.19. The number of fused-ring (bicyclic) bond motifs is 1. The summed E-state index contributed by atoms with van der Waals surface area (Å²) < 4.78 is 8.33. The van der Waals surface area contributed by atoms with Gasteiger partial charge in [-0.05, 0) is 49.6 Å². The highest BCUT2D eigenvalue weighted by Gasteiger charge is 2.33. The molecular weight excluding hydrogens is 374 g/mol. The van der Waals surface area contributed by atoms with E-state index >= 15 is 0 Å². The first-order valence-corrected chi connectivity index (χ1v) is 10.6. The number of carbonyl (C=O) groups excluding carboxylic acids is 1.